The highest BCUT2D eigenvalue weighted by molar-refractivity contribution is 5.83. The first-order valence-corrected chi connectivity index (χ1v) is 9.99. The fraction of sp³-hybridized carbons (Fsp3) is 0.524. The van der Waals surface area contributed by atoms with E-state index in [0.29, 0.717) is 48.4 Å². The number of hydrogen-bond acceptors (Lipinski definition) is 6. The van der Waals surface area contributed by atoms with Crippen molar-refractivity contribution in [3.63, 3.8) is 0 Å². The van der Waals surface area contributed by atoms with Crippen LogP contribution in [0.25, 0.3) is 0 Å². The molecule has 28 heavy (non-hydrogen) atoms. The van der Waals surface area contributed by atoms with Gasteiger partial charge in [-0.1, -0.05) is 6.07 Å². The van der Waals surface area contributed by atoms with Crippen LogP contribution in [0.3, 0.4) is 0 Å². The molecule has 4 atom stereocenters. The number of carbonyl (C=O) groups excluding carboxylic acids is 1. The van der Waals surface area contributed by atoms with Crippen LogP contribution in [0.2, 0.25) is 0 Å². The molecule has 2 N–H and O–H groups in total. The summed E-state index contributed by atoms with van der Waals surface area (Å²) in [5, 5.41) is 18.0. The van der Waals surface area contributed by atoms with Crippen molar-refractivity contribution in [3.05, 3.63) is 41.7 Å². The van der Waals surface area contributed by atoms with Crippen LogP contribution in [-0.4, -0.2) is 54.1 Å². The topological polar surface area (TPSA) is 85.6 Å². The van der Waals surface area contributed by atoms with Gasteiger partial charge in [0.15, 0.2) is 6.29 Å². The summed E-state index contributed by atoms with van der Waals surface area (Å²) in [5.74, 6) is 2.33. The Morgan fingerprint density at radius 1 is 1.32 bits per heavy atom. The Kier molecular flexibility index (Phi) is 4.56. The molecule has 1 aliphatic carbocycles. The number of aldehydes is 1. The molecule has 0 spiro atoms. The smallest absolute Gasteiger partial charge is 0.157 e. The van der Waals surface area contributed by atoms with Crippen LogP contribution in [0.1, 0.15) is 34.4 Å². The van der Waals surface area contributed by atoms with Crippen LogP contribution in [0.15, 0.2) is 30.5 Å². The monoisotopic (exact) mass is 383 g/mol. The van der Waals surface area contributed by atoms with Gasteiger partial charge in [0.2, 0.25) is 0 Å². The predicted molar refractivity (Wildman–Crippen MR) is 102 cm³/mol. The van der Waals surface area contributed by atoms with Crippen LogP contribution in [0.4, 0.5) is 0 Å². The lowest BCUT2D eigenvalue weighted by molar-refractivity contribution is -0.0466. The SMILES string of the molecule is O=Cc1c(O)cccc1OCC1C(c2ccnn2C2COC2)C2CNCC[C@H]21. The average Bonchev–Trinajstić information content (AvgIpc) is 3.09. The maximum atomic E-state index is 11.3. The summed E-state index contributed by atoms with van der Waals surface area (Å²) < 4.78 is 13.6. The molecule has 7 nitrogen and oxygen atoms in total. The molecule has 3 aliphatic rings. The number of nitrogens with zero attached hydrogens (tertiary/aromatic N) is 2. The number of rotatable bonds is 6. The van der Waals surface area contributed by atoms with Gasteiger partial charge in [-0.15, -0.1) is 0 Å². The second kappa shape index (κ2) is 7.22. The molecule has 7 heteroatoms. The summed E-state index contributed by atoms with van der Waals surface area (Å²) in [4.78, 5) is 11.3. The van der Waals surface area contributed by atoms with Crippen molar-refractivity contribution < 1.29 is 19.4 Å². The van der Waals surface area contributed by atoms with Gasteiger partial charge < -0.3 is 19.9 Å². The largest absolute Gasteiger partial charge is 0.507 e. The number of nitrogens with one attached hydrogen (secondary N) is 1. The lowest BCUT2D eigenvalue weighted by atomic mass is 9.53. The van der Waals surface area contributed by atoms with Gasteiger partial charge in [-0.3, -0.25) is 9.48 Å². The minimum Gasteiger partial charge on any atom is -0.507 e. The van der Waals surface area contributed by atoms with E-state index in [9.17, 15) is 9.90 Å². The number of ether oxygens (including phenoxy) is 2. The number of carbonyl (C=O) groups is 1. The van der Waals surface area contributed by atoms with E-state index in [0.717, 1.165) is 32.7 Å². The molecule has 1 aromatic heterocycles. The second-order valence-corrected chi connectivity index (χ2v) is 8.02. The molecule has 3 unspecified atom stereocenters. The molecule has 0 bridgehead atoms. The summed E-state index contributed by atoms with van der Waals surface area (Å²) in [7, 11) is 0. The van der Waals surface area contributed by atoms with Gasteiger partial charge in [0.05, 0.1) is 31.4 Å². The minimum absolute atomic E-state index is 0.0412. The van der Waals surface area contributed by atoms with Crippen molar-refractivity contribution in [3.8, 4) is 11.5 Å². The Balaban J connectivity index is 1.38. The number of aromatic nitrogens is 2. The van der Waals surface area contributed by atoms with Gasteiger partial charge >= 0.3 is 0 Å². The van der Waals surface area contributed by atoms with Crippen LogP contribution in [0.5, 0.6) is 11.5 Å². The summed E-state index contributed by atoms with van der Waals surface area (Å²) >= 11 is 0. The van der Waals surface area contributed by atoms with Gasteiger partial charge in [-0.2, -0.15) is 5.10 Å². The molecular weight excluding hydrogens is 358 g/mol. The molecule has 3 fully saturated rings. The van der Waals surface area contributed by atoms with E-state index < -0.39 is 0 Å². The summed E-state index contributed by atoms with van der Waals surface area (Å²) in [6, 6.07) is 7.41. The zero-order chi connectivity index (χ0) is 19.1. The highest BCUT2D eigenvalue weighted by Gasteiger charge is 2.53. The van der Waals surface area contributed by atoms with Crippen LogP contribution in [-0.2, 0) is 4.74 Å². The van der Waals surface area contributed by atoms with E-state index in [1.807, 2.05) is 6.20 Å². The molecule has 2 aliphatic heterocycles. The number of phenolic OH excluding ortho intramolecular Hbond substituents is 1. The minimum atomic E-state index is -0.0412. The zero-order valence-electron chi connectivity index (χ0n) is 15.7. The molecule has 1 aromatic carbocycles. The number of piperidine rings is 1. The van der Waals surface area contributed by atoms with E-state index >= 15 is 0 Å². The molecule has 0 amide bonds. The van der Waals surface area contributed by atoms with Gasteiger partial charge in [0, 0.05) is 23.7 Å². The standard InChI is InChI=1S/C21H25N3O4/c25-9-16-19(26)2-1-3-20(16)28-12-17-14-4-6-22-8-15(14)21(17)18-5-7-23-24(18)13-10-27-11-13/h1-3,5,7,9,13-15,17,21-22,26H,4,6,8,10-12H2/t14-,15?,17?,21?/m1/s1. The third-order valence-electron chi connectivity index (χ3n) is 6.66. The molecule has 1 saturated carbocycles. The van der Waals surface area contributed by atoms with E-state index in [1.54, 1.807) is 12.1 Å². The maximum absolute atomic E-state index is 11.3. The molecule has 2 aromatic rings. The molecule has 148 valence electrons. The van der Waals surface area contributed by atoms with Crippen molar-refractivity contribution in [1.82, 2.24) is 15.1 Å². The number of aromatic hydroxyl groups is 1. The normalized spacial score (nSPS) is 29.4. The Morgan fingerprint density at radius 3 is 3.00 bits per heavy atom. The van der Waals surface area contributed by atoms with Crippen molar-refractivity contribution in [2.24, 2.45) is 17.8 Å². The summed E-state index contributed by atoms with van der Waals surface area (Å²) in [6.45, 7) is 4.03. The van der Waals surface area contributed by atoms with E-state index in [-0.39, 0.29) is 11.3 Å². The maximum Gasteiger partial charge on any atom is 0.157 e. The lowest BCUT2D eigenvalue weighted by Gasteiger charge is -2.55. The van der Waals surface area contributed by atoms with Crippen molar-refractivity contribution in [1.29, 1.82) is 0 Å². The first kappa shape index (κ1) is 17.7. The third-order valence-corrected chi connectivity index (χ3v) is 6.66. The molecule has 3 heterocycles. The van der Waals surface area contributed by atoms with Crippen LogP contribution < -0.4 is 10.1 Å². The zero-order valence-corrected chi connectivity index (χ0v) is 15.7. The lowest BCUT2D eigenvalue weighted by Crippen LogP contribution is -2.56. The third kappa shape index (κ3) is 2.81. The first-order valence-electron chi connectivity index (χ1n) is 9.99. The van der Waals surface area contributed by atoms with Crippen molar-refractivity contribution in [2.45, 2.75) is 18.4 Å². The molecule has 0 radical (unpaired) electrons. The van der Waals surface area contributed by atoms with Crippen LogP contribution in [0, 0.1) is 17.8 Å². The number of hydrogen-bond donors (Lipinski definition) is 2. The molecule has 2 saturated heterocycles. The summed E-state index contributed by atoms with van der Waals surface area (Å²) in [5.41, 5.74) is 1.48. The number of fused-ring (bicyclic) bond motifs is 1. The second-order valence-electron chi connectivity index (χ2n) is 8.02. The highest BCUT2D eigenvalue weighted by Crippen LogP contribution is 2.55. The predicted octanol–water partition coefficient (Wildman–Crippen LogP) is 1.99. The fourth-order valence-corrected chi connectivity index (χ4v) is 5.15. The van der Waals surface area contributed by atoms with Gasteiger partial charge in [-0.05, 0) is 49.5 Å². The molecule has 5 rings (SSSR count). The van der Waals surface area contributed by atoms with Crippen molar-refractivity contribution >= 4 is 6.29 Å². The Labute approximate surface area is 163 Å². The van der Waals surface area contributed by atoms with Gasteiger partial charge in [-0.25, -0.2) is 0 Å². The Hall–Kier alpha value is -2.38. The molecular formula is C21H25N3O4. The Morgan fingerprint density at radius 2 is 2.21 bits per heavy atom. The quantitative estimate of drug-likeness (QED) is 0.742. The summed E-state index contributed by atoms with van der Waals surface area (Å²) in [6.07, 6.45) is 3.67. The number of phenols is 1. The average molecular weight is 383 g/mol. The fourth-order valence-electron chi connectivity index (χ4n) is 5.15. The van der Waals surface area contributed by atoms with E-state index in [1.165, 1.54) is 11.8 Å². The van der Waals surface area contributed by atoms with Gasteiger partial charge in [0.1, 0.15) is 11.5 Å². The van der Waals surface area contributed by atoms with Crippen LogP contribution >= 0.6 is 0 Å². The number of benzene rings is 1. The first-order chi connectivity index (χ1) is 13.8. The van der Waals surface area contributed by atoms with Gasteiger partial charge in [0.25, 0.3) is 0 Å². The van der Waals surface area contributed by atoms with E-state index in [4.69, 9.17) is 9.47 Å². The highest BCUT2D eigenvalue weighted by atomic mass is 16.5. The van der Waals surface area contributed by atoms with E-state index in [2.05, 4.69) is 21.2 Å². The Bertz CT molecular complexity index is 863. The van der Waals surface area contributed by atoms with Crippen molar-refractivity contribution in [2.75, 3.05) is 32.9 Å².